The molecule has 6 heteroatoms. The summed E-state index contributed by atoms with van der Waals surface area (Å²) in [5, 5.41) is 9.04. The number of pyridine rings is 1. The maximum absolute atomic E-state index is 13.0. The Bertz CT molecular complexity index is 928. The topological polar surface area (TPSA) is 77.0 Å². The molecule has 1 saturated heterocycles. The Balaban J connectivity index is 1.67. The molecule has 1 aliphatic rings. The molecule has 1 aromatic heterocycles. The number of piperidine rings is 1. The second-order valence-electron chi connectivity index (χ2n) is 7.09. The zero-order chi connectivity index (χ0) is 19.4. The summed E-state index contributed by atoms with van der Waals surface area (Å²) in [7, 11) is 0. The van der Waals surface area contributed by atoms with Crippen LogP contribution < -0.4 is 5.56 Å². The van der Waals surface area contributed by atoms with Crippen molar-refractivity contribution in [2.75, 3.05) is 13.1 Å². The smallest absolute Gasteiger partial charge is 0.266 e. The summed E-state index contributed by atoms with van der Waals surface area (Å²) in [5.74, 6) is -0.000751. The van der Waals surface area contributed by atoms with Gasteiger partial charge in [0.05, 0.1) is 5.56 Å². The van der Waals surface area contributed by atoms with E-state index in [0.29, 0.717) is 30.3 Å². The predicted octanol–water partition coefficient (Wildman–Crippen LogP) is 3.18. The number of hydrogen-bond donors (Lipinski definition) is 1. The quantitative estimate of drug-likeness (QED) is 0.902. The molecule has 0 bridgehead atoms. The van der Waals surface area contributed by atoms with Gasteiger partial charge in [0.15, 0.2) is 0 Å². The summed E-state index contributed by atoms with van der Waals surface area (Å²) in [4.78, 5) is 29.0. The molecule has 140 valence electrons. The first-order chi connectivity index (χ1) is 13.0. The second-order valence-corrected chi connectivity index (χ2v) is 7.09. The van der Waals surface area contributed by atoms with E-state index >= 15 is 0 Å². The minimum absolute atomic E-state index is 0.0474. The average Bonchev–Trinajstić information content (AvgIpc) is 2.67. The molecule has 0 spiro atoms. The molecule has 0 unspecified atom stereocenters. The van der Waals surface area contributed by atoms with Crippen LogP contribution in [0.4, 0.5) is 4.39 Å². The number of amides is 1. The molecule has 1 N–H and O–H groups in total. The Labute approximate surface area is 157 Å². The SMILES string of the molecule is Cc1[nH]c(=O)c(C#N)cc1C(=O)N1CCC[C@@H](CCc2ccc(F)cc2)C1. The Morgan fingerprint density at radius 1 is 1.37 bits per heavy atom. The molecule has 27 heavy (non-hydrogen) atoms. The number of nitrogens with one attached hydrogen (secondary N) is 1. The molecule has 1 fully saturated rings. The van der Waals surface area contributed by atoms with Crippen molar-refractivity contribution in [2.24, 2.45) is 5.92 Å². The fourth-order valence-electron chi connectivity index (χ4n) is 3.61. The third kappa shape index (κ3) is 4.43. The van der Waals surface area contributed by atoms with E-state index in [9.17, 15) is 14.0 Å². The third-order valence-electron chi connectivity index (χ3n) is 5.15. The van der Waals surface area contributed by atoms with Crippen molar-refractivity contribution in [3.05, 3.63) is 68.9 Å². The number of aromatic nitrogens is 1. The molecule has 0 saturated carbocycles. The lowest BCUT2D eigenvalue weighted by Gasteiger charge is -2.33. The van der Waals surface area contributed by atoms with Gasteiger partial charge in [0.1, 0.15) is 17.4 Å². The monoisotopic (exact) mass is 367 g/mol. The number of rotatable bonds is 4. The van der Waals surface area contributed by atoms with Gasteiger partial charge in [-0.25, -0.2) is 4.39 Å². The van der Waals surface area contributed by atoms with Gasteiger partial charge in [-0.15, -0.1) is 0 Å². The van der Waals surface area contributed by atoms with Gasteiger partial charge >= 0.3 is 0 Å². The van der Waals surface area contributed by atoms with Gasteiger partial charge in [-0.2, -0.15) is 5.26 Å². The van der Waals surface area contributed by atoms with Crippen LogP contribution in [0.2, 0.25) is 0 Å². The number of carbonyl (C=O) groups is 1. The second kappa shape index (κ2) is 8.17. The van der Waals surface area contributed by atoms with Crippen LogP contribution in [-0.2, 0) is 6.42 Å². The van der Waals surface area contributed by atoms with Crippen LogP contribution in [0.3, 0.4) is 0 Å². The van der Waals surface area contributed by atoms with E-state index < -0.39 is 5.56 Å². The first kappa shape index (κ1) is 18.8. The normalized spacial score (nSPS) is 16.8. The van der Waals surface area contributed by atoms with Crippen LogP contribution in [0.1, 0.15) is 46.4 Å². The zero-order valence-corrected chi connectivity index (χ0v) is 15.3. The van der Waals surface area contributed by atoms with Crippen molar-refractivity contribution in [1.82, 2.24) is 9.88 Å². The van der Waals surface area contributed by atoms with Crippen molar-refractivity contribution in [2.45, 2.75) is 32.6 Å². The van der Waals surface area contributed by atoms with Crippen LogP contribution >= 0.6 is 0 Å². The molecule has 0 aliphatic carbocycles. The van der Waals surface area contributed by atoms with Crippen LogP contribution in [0.5, 0.6) is 0 Å². The van der Waals surface area contributed by atoms with Crippen molar-refractivity contribution < 1.29 is 9.18 Å². The Morgan fingerprint density at radius 3 is 2.81 bits per heavy atom. The summed E-state index contributed by atoms with van der Waals surface area (Å²) < 4.78 is 13.0. The lowest BCUT2D eigenvalue weighted by atomic mass is 9.91. The van der Waals surface area contributed by atoms with E-state index in [0.717, 1.165) is 31.2 Å². The lowest BCUT2D eigenvalue weighted by Crippen LogP contribution is -2.40. The van der Waals surface area contributed by atoms with Gasteiger partial charge < -0.3 is 9.88 Å². The summed E-state index contributed by atoms with van der Waals surface area (Å²) in [6.07, 6.45) is 3.76. The van der Waals surface area contributed by atoms with Crippen LogP contribution in [0, 0.1) is 30.0 Å². The molecule has 1 aromatic carbocycles. The van der Waals surface area contributed by atoms with E-state index in [1.807, 2.05) is 6.07 Å². The fourth-order valence-corrected chi connectivity index (χ4v) is 3.61. The van der Waals surface area contributed by atoms with E-state index in [1.165, 1.54) is 18.2 Å². The van der Waals surface area contributed by atoms with Crippen molar-refractivity contribution >= 4 is 5.91 Å². The summed E-state index contributed by atoms with van der Waals surface area (Å²) >= 11 is 0. The molecule has 5 nitrogen and oxygen atoms in total. The van der Waals surface area contributed by atoms with Crippen LogP contribution in [0.15, 0.2) is 35.1 Å². The summed E-state index contributed by atoms with van der Waals surface area (Å²) in [6, 6.07) is 9.76. The van der Waals surface area contributed by atoms with Gasteiger partial charge in [0, 0.05) is 18.8 Å². The van der Waals surface area contributed by atoms with E-state index in [2.05, 4.69) is 4.98 Å². The molecule has 3 rings (SSSR count). The van der Waals surface area contributed by atoms with Gasteiger partial charge in [0.2, 0.25) is 0 Å². The highest BCUT2D eigenvalue weighted by Gasteiger charge is 2.26. The molecule has 2 aromatic rings. The number of benzene rings is 1. The number of carbonyl (C=O) groups excluding carboxylic acids is 1. The highest BCUT2D eigenvalue weighted by molar-refractivity contribution is 5.95. The number of aryl methyl sites for hydroxylation is 2. The molecule has 1 aliphatic heterocycles. The molecule has 2 heterocycles. The van der Waals surface area contributed by atoms with Gasteiger partial charge in [0.25, 0.3) is 11.5 Å². The number of H-pyrrole nitrogens is 1. The van der Waals surface area contributed by atoms with Crippen molar-refractivity contribution in [1.29, 1.82) is 5.26 Å². The molecule has 1 amide bonds. The average molecular weight is 367 g/mol. The minimum Gasteiger partial charge on any atom is -0.338 e. The largest absolute Gasteiger partial charge is 0.338 e. The molecule has 0 radical (unpaired) electrons. The lowest BCUT2D eigenvalue weighted by molar-refractivity contribution is 0.0667. The maximum atomic E-state index is 13.0. The highest BCUT2D eigenvalue weighted by Crippen LogP contribution is 2.23. The Morgan fingerprint density at radius 2 is 2.11 bits per heavy atom. The number of likely N-dealkylation sites (tertiary alicyclic amines) is 1. The van der Waals surface area contributed by atoms with E-state index in [-0.39, 0.29) is 17.3 Å². The molecular weight excluding hydrogens is 345 g/mol. The zero-order valence-electron chi connectivity index (χ0n) is 15.3. The Kier molecular flexibility index (Phi) is 5.70. The standard InChI is InChI=1S/C21H22FN3O2/c1-14-19(11-17(12-23)20(26)24-14)21(27)25-10-2-3-16(13-25)5-4-15-6-8-18(22)9-7-15/h6-9,11,16H,2-5,10,13H2,1H3,(H,24,26)/t16-/m0/s1. The fraction of sp³-hybridized carbons (Fsp3) is 0.381. The van der Waals surface area contributed by atoms with E-state index in [1.54, 1.807) is 24.0 Å². The van der Waals surface area contributed by atoms with Gasteiger partial charge in [-0.3, -0.25) is 9.59 Å². The minimum atomic E-state index is -0.470. The van der Waals surface area contributed by atoms with Crippen LogP contribution in [0.25, 0.3) is 0 Å². The van der Waals surface area contributed by atoms with Crippen molar-refractivity contribution in [3.63, 3.8) is 0 Å². The predicted molar refractivity (Wildman–Crippen MR) is 99.9 cm³/mol. The third-order valence-corrected chi connectivity index (χ3v) is 5.15. The van der Waals surface area contributed by atoms with Gasteiger partial charge in [-0.1, -0.05) is 12.1 Å². The molecule has 1 atom stereocenters. The molecular formula is C21H22FN3O2. The maximum Gasteiger partial charge on any atom is 0.266 e. The Hall–Kier alpha value is -2.94. The number of halogens is 1. The number of nitrogens with zero attached hydrogens (tertiary/aromatic N) is 2. The summed E-state index contributed by atoms with van der Waals surface area (Å²) in [6.45, 7) is 3.00. The first-order valence-electron chi connectivity index (χ1n) is 9.15. The first-order valence-corrected chi connectivity index (χ1v) is 9.15. The van der Waals surface area contributed by atoms with Crippen molar-refractivity contribution in [3.8, 4) is 6.07 Å². The van der Waals surface area contributed by atoms with Gasteiger partial charge in [-0.05, 0) is 62.3 Å². The van der Waals surface area contributed by atoms with E-state index in [4.69, 9.17) is 5.26 Å². The highest BCUT2D eigenvalue weighted by atomic mass is 19.1. The van der Waals surface area contributed by atoms with Crippen LogP contribution in [-0.4, -0.2) is 28.9 Å². The number of nitriles is 1. The summed E-state index contributed by atoms with van der Waals surface area (Å²) in [5.41, 5.74) is 1.44. The number of hydrogen-bond acceptors (Lipinski definition) is 3. The number of aromatic amines is 1.